The zero-order valence-corrected chi connectivity index (χ0v) is 16.6. The predicted octanol–water partition coefficient (Wildman–Crippen LogP) is 4.60. The first kappa shape index (κ1) is 17.8. The molecule has 1 aliphatic rings. The molecular weight excluding hydrogens is 428 g/mol. The van der Waals surface area contributed by atoms with E-state index in [1.54, 1.807) is 16.8 Å². The maximum Gasteiger partial charge on any atom is 0.226 e. The second-order valence-electron chi connectivity index (χ2n) is 6.10. The smallest absolute Gasteiger partial charge is 0.226 e. The summed E-state index contributed by atoms with van der Waals surface area (Å²) in [6.07, 6.45) is -0.879. The molecule has 1 aromatic heterocycles. The fourth-order valence-corrected chi connectivity index (χ4v) is 3.69. The van der Waals surface area contributed by atoms with Crippen molar-refractivity contribution < 1.29 is 4.74 Å². The molecule has 0 spiro atoms. The molecule has 0 fully saturated rings. The number of halogens is 2. The first-order valence-corrected chi connectivity index (χ1v) is 9.35. The average molecular weight is 442 g/mol. The normalized spacial score (nSPS) is 15.9. The maximum absolute atomic E-state index is 9.70. The first-order chi connectivity index (χ1) is 13.0. The lowest BCUT2D eigenvalue weighted by Crippen LogP contribution is -2.33. The van der Waals surface area contributed by atoms with Crippen LogP contribution in [0, 0.1) is 18.3 Å². The van der Waals surface area contributed by atoms with Crippen LogP contribution in [-0.2, 0) is 0 Å². The number of aryl methyl sites for hydroxylation is 1. The van der Waals surface area contributed by atoms with Gasteiger partial charge in [0.15, 0.2) is 6.23 Å². The Balaban J connectivity index is 1.99. The van der Waals surface area contributed by atoms with Crippen molar-refractivity contribution in [3.05, 3.63) is 80.4 Å². The van der Waals surface area contributed by atoms with Gasteiger partial charge in [-0.15, -0.1) is 0 Å². The fraction of sp³-hybridized carbons (Fsp3) is 0.100. The van der Waals surface area contributed by atoms with Gasteiger partial charge in [0.2, 0.25) is 5.88 Å². The van der Waals surface area contributed by atoms with Crippen LogP contribution in [0.1, 0.15) is 16.8 Å². The van der Waals surface area contributed by atoms with Crippen LogP contribution in [0.2, 0.25) is 5.02 Å². The molecule has 5 nitrogen and oxygen atoms in total. The zero-order valence-electron chi connectivity index (χ0n) is 14.3. The molecule has 0 aliphatic carbocycles. The first-order valence-electron chi connectivity index (χ1n) is 8.18. The van der Waals surface area contributed by atoms with E-state index < -0.39 is 6.23 Å². The summed E-state index contributed by atoms with van der Waals surface area (Å²) >= 11 is 9.51. The Bertz CT molecular complexity index is 1110. The molecule has 1 atom stereocenters. The molecule has 0 radical (unpaired) electrons. The molecule has 2 aromatic carbocycles. The number of nitriles is 1. The van der Waals surface area contributed by atoms with Crippen molar-refractivity contribution in [1.29, 1.82) is 5.26 Å². The van der Waals surface area contributed by atoms with Gasteiger partial charge in [-0.3, -0.25) is 5.73 Å². The molecule has 1 unspecified atom stereocenters. The topological polar surface area (TPSA) is 76.9 Å². The van der Waals surface area contributed by atoms with Gasteiger partial charge in [0.1, 0.15) is 6.07 Å². The number of nitrogens with two attached hydrogens (primary N) is 1. The van der Waals surface area contributed by atoms with Gasteiger partial charge in [-0.2, -0.15) is 10.4 Å². The predicted molar refractivity (Wildman–Crippen MR) is 108 cm³/mol. The van der Waals surface area contributed by atoms with Gasteiger partial charge in [-0.05, 0) is 42.8 Å². The van der Waals surface area contributed by atoms with Crippen LogP contribution in [0.4, 0.5) is 0 Å². The summed E-state index contributed by atoms with van der Waals surface area (Å²) in [6, 6.07) is 17.2. The largest absolute Gasteiger partial charge is 0.453 e. The van der Waals surface area contributed by atoms with E-state index in [0.717, 1.165) is 32.6 Å². The Morgan fingerprint density at radius 2 is 2.00 bits per heavy atom. The Hall–Kier alpha value is -2.59. The second kappa shape index (κ2) is 6.86. The molecule has 0 bridgehead atoms. The third-order valence-corrected chi connectivity index (χ3v) is 5.11. The summed E-state index contributed by atoms with van der Waals surface area (Å²) in [5, 5.41) is 15.0. The second-order valence-corrected chi connectivity index (χ2v) is 7.46. The van der Waals surface area contributed by atoms with Crippen LogP contribution < -0.4 is 10.5 Å². The summed E-state index contributed by atoms with van der Waals surface area (Å²) in [5.41, 5.74) is 10.4. The van der Waals surface area contributed by atoms with Crippen molar-refractivity contribution in [2.75, 3.05) is 0 Å². The molecule has 2 N–H and O–H groups in total. The quantitative estimate of drug-likeness (QED) is 0.630. The van der Waals surface area contributed by atoms with Crippen molar-refractivity contribution in [1.82, 2.24) is 9.78 Å². The van der Waals surface area contributed by atoms with Crippen LogP contribution in [0.25, 0.3) is 11.3 Å². The highest BCUT2D eigenvalue weighted by Gasteiger charge is 2.33. The van der Waals surface area contributed by atoms with Gasteiger partial charge in [0, 0.05) is 15.1 Å². The minimum absolute atomic E-state index is 0.363. The zero-order chi connectivity index (χ0) is 19.1. The summed E-state index contributed by atoms with van der Waals surface area (Å²) in [6.45, 7) is 1.89. The Morgan fingerprint density at radius 1 is 1.26 bits per heavy atom. The van der Waals surface area contributed by atoms with Gasteiger partial charge >= 0.3 is 0 Å². The number of ether oxygens (including phenoxy) is 1. The Kier molecular flexibility index (Phi) is 4.52. The van der Waals surface area contributed by atoms with Gasteiger partial charge in [0.05, 0.1) is 22.5 Å². The lowest BCUT2D eigenvalue weighted by Gasteiger charge is -2.24. The molecule has 27 heavy (non-hydrogen) atoms. The van der Waals surface area contributed by atoms with Crippen molar-refractivity contribution in [3.8, 4) is 17.6 Å². The van der Waals surface area contributed by atoms with E-state index in [4.69, 9.17) is 22.1 Å². The summed E-state index contributed by atoms with van der Waals surface area (Å²) in [5.74, 6) is 0.516. The molecule has 134 valence electrons. The number of fused-ring (bicyclic) bond motifs is 1. The van der Waals surface area contributed by atoms with Crippen LogP contribution in [-0.4, -0.2) is 16.0 Å². The lowest BCUT2D eigenvalue weighted by atomic mass is 9.91. The van der Waals surface area contributed by atoms with Crippen LogP contribution in [0.3, 0.4) is 0 Å². The van der Waals surface area contributed by atoms with Gasteiger partial charge in [0.25, 0.3) is 0 Å². The van der Waals surface area contributed by atoms with Crippen molar-refractivity contribution >= 4 is 33.1 Å². The molecule has 0 saturated carbocycles. The van der Waals surface area contributed by atoms with Crippen LogP contribution in [0.5, 0.6) is 5.88 Å². The maximum atomic E-state index is 9.70. The van der Waals surface area contributed by atoms with E-state index in [1.165, 1.54) is 0 Å². The number of rotatable bonds is 2. The summed E-state index contributed by atoms with van der Waals surface area (Å²) < 4.78 is 8.55. The van der Waals surface area contributed by atoms with Gasteiger partial charge in [-0.25, -0.2) is 4.68 Å². The molecule has 7 heteroatoms. The van der Waals surface area contributed by atoms with Gasteiger partial charge in [-0.1, -0.05) is 45.7 Å². The van der Waals surface area contributed by atoms with E-state index >= 15 is 0 Å². The van der Waals surface area contributed by atoms with E-state index in [-0.39, 0.29) is 0 Å². The monoisotopic (exact) mass is 440 g/mol. The lowest BCUT2D eigenvalue weighted by molar-refractivity contribution is 0.228. The van der Waals surface area contributed by atoms with Crippen LogP contribution in [0.15, 0.2) is 58.6 Å². The summed E-state index contributed by atoms with van der Waals surface area (Å²) in [4.78, 5) is 0. The third-order valence-electron chi connectivity index (χ3n) is 4.37. The number of hydrogen-bond donors (Lipinski definition) is 1. The van der Waals surface area contributed by atoms with Crippen molar-refractivity contribution in [2.24, 2.45) is 5.73 Å². The Labute approximate surface area is 169 Å². The van der Waals surface area contributed by atoms with Crippen molar-refractivity contribution in [3.63, 3.8) is 0 Å². The van der Waals surface area contributed by atoms with Crippen LogP contribution >= 0.6 is 27.5 Å². The minimum atomic E-state index is -0.879. The number of aromatic nitrogens is 2. The molecular formula is C20H14BrClN4O. The van der Waals surface area contributed by atoms with E-state index in [2.05, 4.69) is 27.1 Å². The van der Waals surface area contributed by atoms with Crippen molar-refractivity contribution in [2.45, 2.75) is 13.2 Å². The SMILES string of the molecule is Cc1nn(-c2cccc(Br)c2)c2c1C(c1ccc(Cl)cc1)=C(C#N)C(N)O2. The molecule has 0 saturated heterocycles. The third kappa shape index (κ3) is 3.04. The Morgan fingerprint density at radius 3 is 2.67 bits per heavy atom. The molecule has 4 rings (SSSR count). The highest BCUT2D eigenvalue weighted by atomic mass is 79.9. The van der Waals surface area contributed by atoms with Gasteiger partial charge < -0.3 is 4.74 Å². The van der Waals surface area contributed by atoms with E-state index in [1.807, 2.05) is 43.3 Å². The highest BCUT2D eigenvalue weighted by Crippen LogP contribution is 2.42. The molecule has 0 amide bonds. The van der Waals surface area contributed by atoms with E-state index in [0.29, 0.717) is 16.5 Å². The number of benzene rings is 2. The molecule has 2 heterocycles. The standard InChI is InChI=1S/C20H14BrClN4O/c1-11-17-18(12-5-7-14(22)8-6-12)16(10-23)19(24)27-20(17)26(25-11)15-4-2-3-13(21)9-15/h2-9,19H,24H2,1H3. The highest BCUT2D eigenvalue weighted by molar-refractivity contribution is 9.10. The minimum Gasteiger partial charge on any atom is -0.453 e. The molecule has 3 aromatic rings. The van der Waals surface area contributed by atoms with E-state index in [9.17, 15) is 5.26 Å². The fourth-order valence-electron chi connectivity index (χ4n) is 3.18. The average Bonchev–Trinajstić information content (AvgIpc) is 2.97. The number of nitrogens with zero attached hydrogens (tertiary/aromatic N) is 3. The summed E-state index contributed by atoms with van der Waals surface area (Å²) in [7, 11) is 0. The molecule has 1 aliphatic heterocycles. The number of hydrogen-bond acceptors (Lipinski definition) is 4.